The second kappa shape index (κ2) is 5.69. The summed E-state index contributed by atoms with van der Waals surface area (Å²) in [5.41, 5.74) is 1.34. The Kier molecular flexibility index (Phi) is 4.22. The molecule has 1 aliphatic rings. The second-order valence-corrected chi connectivity index (χ2v) is 6.51. The number of rotatable bonds is 3. The van der Waals surface area contributed by atoms with Crippen LogP contribution < -0.4 is 10.6 Å². The van der Waals surface area contributed by atoms with Crippen molar-refractivity contribution in [3.05, 3.63) is 16.1 Å². The zero-order chi connectivity index (χ0) is 13.0. The standard InChI is InChI=1S/C13H22N4S/c1-13(2,3)10-9-18-11(17-10)5-8-16-12-14-6-4-7-15-12/h9H,4-8H2,1-3H3,(H2,14,15,16). The summed E-state index contributed by atoms with van der Waals surface area (Å²) in [6.07, 6.45) is 2.09. The molecule has 0 aromatic carbocycles. The Morgan fingerprint density at radius 3 is 2.89 bits per heavy atom. The monoisotopic (exact) mass is 266 g/mol. The zero-order valence-electron chi connectivity index (χ0n) is 11.4. The van der Waals surface area contributed by atoms with Crippen LogP contribution in [0.4, 0.5) is 0 Å². The van der Waals surface area contributed by atoms with Gasteiger partial charge in [-0.15, -0.1) is 11.3 Å². The highest BCUT2D eigenvalue weighted by Crippen LogP contribution is 2.23. The first-order valence-corrected chi connectivity index (χ1v) is 7.41. The molecule has 0 saturated carbocycles. The van der Waals surface area contributed by atoms with Crippen molar-refractivity contribution < 1.29 is 0 Å². The quantitative estimate of drug-likeness (QED) is 0.879. The van der Waals surface area contributed by atoms with E-state index in [0.29, 0.717) is 0 Å². The average molecular weight is 266 g/mol. The Morgan fingerprint density at radius 2 is 2.28 bits per heavy atom. The molecule has 0 fully saturated rings. The largest absolute Gasteiger partial charge is 0.356 e. The lowest BCUT2D eigenvalue weighted by Crippen LogP contribution is -2.41. The van der Waals surface area contributed by atoms with Crippen LogP contribution in [0.2, 0.25) is 0 Å². The summed E-state index contributed by atoms with van der Waals surface area (Å²) in [7, 11) is 0. The first-order valence-electron chi connectivity index (χ1n) is 6.53. The molecule has 0 unspecified atom stereocenters. The van der Waals surface area contributed by atoms with Crippen LogP contribution in [0, 0.1) is 0 Å². The van der Waals surface area contributed by atoms with Crippen LogP contribution in [0.5, 0.6) is 0 Å². The number of aromatic nitrogens is 1. The lowest BCUT2D eigenvalue weighted by atomic mass is 9.93. The van der Waals surface area contributed by atoms with Crippen molar-refractivity contribution >= 4 is 17.3 Å². The fourth-order valence-electron chi connectivity index (χ4n) is 1.71. The van der Waals surface area contributed by atoms with E-state index in [4.69, 9.17) is 0 Å². The second-order valence-electron chi connectivity index (χ2n) is 5.56. The summed E-state index contributed by atoms with van der Waals surface area (Å²) in [6.45, 7) is 9.45. The van der Waals surface area contributed by atoms with Gasteiger partial charge in [0, 0.05) is 36.9 Å². The number of nitrogens with zero attached hydrogens (tertiary/aromatic N) is 2. The minimum Gasteiger partial charge on any atom is -0.356 e. The Morgan fingerprint density at radius 1 is 1.44 bits per heavy atom. The molecule has 2 N–H and O–H groups in total. The van der Waals surface area contributed by atoms with Crippen LogP contribution in [0.25, 0.3) is 0 Å². The van der Waals surface area contributed by atoms with Crippen molar-refractivity contribution in [1.82, 2.24) is 15.6 Å². The summed E-state index contributed by atoms with van der Waals surface area (Å²) in [5, 5.41) is 9.95. The highest BCUT2D eigenvalue weighted by molar-refractivity contribution is 7.09. The van der Waals surface area contributed by atoms with E-state index in [1.807, 2.05) is 0 Å². The Hall–Kier alpha value is -1.10. The number of hydrogen-bond acceptors (Lipinski definition) is 5. The first kappa shape index (κ1) is 13.3. The van der Waals surface area contributed by atoms with Crippen LogP contribution >= 0.6 is 11.3 Å². The number of hydrogen-bond donors (Lipinski definition) is 2. The number of thiazole rings is 1. The maximum atomic E-state index is 4.68. The van der Waals surface area contributed by atoms with E-state index in [-0.39, 0.29) is 5.41 Å². The smallest absolute Gasteiger partial charge is 0.191 e. The van der Waals surface area contributed by atoms with Crippen LogP contribution in [0.15, 0.2) is 10.4 Å². The first-order chi connectivity index (χ1) is 8.55. The predicted molar refractivity (Wildman–Crippen MR) is 77.4 cm³/mol. The SMILES string of the molecule is CC(C)(C)c1csc(CCNC2=NCCCN2)n1. The van der Waals surface area contributed by atoms with Gasteiger partial charge >= 0.3 is 0 Å². The molecule has 0 saturated heterocycles. The van der Waals surface area contributed by atoms with Crippen molar-refractivity contribution in [3.63, 3.8) is 0 Å². The molecule has 0 radical (unpaired) electrons. The molecule has 1 aromatic heterocycles. The summed E-state index contributed by atoms with van der Waals surface area (Å²) in [5.74, 6) is 0.939. The molecule has 5 heteroatoms. The molecule has 1 aliphatic heterocycles. The molecular weight excluding hydrogens is 244 g/mol. The van der Waals surface area contributed by atoms with Gasteiger partial charge in [-0.3, -0.25) is 4.99 Å². The summed E-state index contributed by atoms with van der Waals surface area (Å²) in [4.78, 5) is 9.06. The molecule has 2 rings (SSSR count). The van der Waals surface area contributed by atoms with Crippen LogP contribution in [0.1, 0.15) is 37.9 Å². The van der Waals surface area contributed by atoms with Gasteiger partial charge in [0.2, 0.25) is 0 Å². The highest BCUT2D eigenvalue weighted by atomic mass is 32.1. The Balaban J connectivity index is 1.80. The fourth-order valence-corrected chi connectivity index (χ4v) is 2.73. The number of aliphatic imine (C=N–C) groups is 1. The summed E-state index contributed by atoms with van der Waals surface area (Å²) < 4.78 is 0. The molecule has 2 heterocycles. The number of nitrogens with one attached hydrogen (secondary N) is 2. The molecule has 0 spiro atoms. The van der Waals surface area contributed by atoms with Gasteiger partial charge in [0.25, 0.3) is 0 Å². The van der Waals surface area contributed by atoms with Crippen LogP contribution in [-0.2, 0) is 11.8 Å². The maximum Gasteiger partial charge on any atom is 0.191 e. The lowest BCUT2D eigenvalue weighted by molar-refractivity contribution is 0.570. The maximum absolute atomic E-state index is 4.68. The third-order valence-electron chi connectivity index (χ3n) is 2.85. The fraction of sp³-hybridized carbons (Fsp3) is 0.692. The van der Waals surface area contributed by atoms with Crippen molar-refractivity contribution in [3.8, 4) is 0 Å². The van der Waals surface area contributed by atoms with E-state index >= 15 is 0 Å². The van der Waals surface area contributed by atoms with Gasteiger partial charge in [-0.05, 0) is 6.42 Å². The van der Waals surface area contributed by atoms with E-state index < -0.39 is 0 Å². The molecule has 0 aliphatic carbocycles. The summed E-state index contributed by atoms with van der Waals surface area (Å²) >= 11 is 1.75. The van der Waals surface area contributed by atoms with Crippen molar-refractivity contribution in [2.24, 2.45) is 4.99 Å². The third-order valence-corrected chi connectivity index (χ3v) is 3.76. The minimum atomic E-state index is 0.150. The van der Waals surface area contributed by atoms with Gasteiger partial charge in [0.15, 0.2) is 5.96 Å². The minimum absolute atomic E-state index is 0.150. The third kappa shape index (κ3) is 3.70. The van der Waals surface area contributed by atoms with E-state index in [1.165, 1.54) is 10.7 Å². The molecule has 100 valence electrons. The average Bonchev–Trinajstić information content (AvgIpc) is 2.79. The normalized spacial score (nSPS) is 16.1. The molecule has 18 heavy (non-hydrogen) atoms. The van der Waals surface area contributed by atoms with Crippen LogP contribution in [-0.4, -0.2) is 30.6 Å². The highest BCUT2D eigenvalue weighted by Gasteiger charge is 2.17. The zero-order valence-corrected chi connectivity index (χ0v) is 12.2. The Labute approximate surface area is 113 Å². The molecule has 0 bridgehead atoms. The van der Waals surface area contributed by atoms with E-state index in [0.717, 1.165) is 38.4 Å². The molecule has 0 atom stereocenters. The van der Waals surface area contributed by atoms with Gasteiger partial charge in [0.05, 0.1) is 10.7 Å². The van der Waals surface area contributed by atoms with Gasteiger partial charge in [-0.1, -0.05) is 20.8 Å². The predicted octanol–water partition coefficient (Wildman–Crippen LogP) is 1.92. The summed E-state index contributed by atoms with van der Waals surface area (Å²) in [6, 6.07) is 0. The van der Waals surface area contributed by atoms with Crippen LogP contribution in [0.3, 0.4) is 0 Å². The molecular formula is C13H22N4S. The molecule has 4 nitrogen and oxygen atoms in total. The lowest BCUT2D eigenvalue weighted by Gasteiger charge is -2.15. The number of guanidine groups is 1. The van der Waals surface area contributed by atoms with Crippen molar-refractivity contribution in [2.75, 3.05) is 19.6 Å². The van der Waals surface area contributed by atoms with Crippen molar-refractivity contribution in [1.29, 1.82) is 0 Å². The van der Waals surface area contributed by atoms with Gasteiger partial charge in [0.1, 0.15) is 0 Å². The van der Waals surface area contributed by atoms with Gasteiger partial charge in [-0.25, -0.2) is 4.98 Å². The van der Waals surface area contributed by atoms with Crippen molar-refractivity contribution in [2.45, 2.75) is 39.0 Å². The molecule has 0 amide bonds. The Bertz CT molecular complexity index is 417. The van der Waals surface area contributed by atoms with Gasteiger partial charge in [-0.2, -0.15) is 0 Å². The topological polar surface area (TPSA) is 49.3 Å². The molecule has 1 aromatic rings. The van der Waals surface area contributed by atoms with E-state index in [1.54, 1.807) is 11.3 Å². The van der Waals surface area contributed by atoms with E-state index in [9.17, 15) is 0 Å². The van der Waals surface area contributed by atoms with E-state index in [2.05, 4.69) is 46.8 Å². The van der Waals surface area contributed by atoms with Gasteiger partial charge < -0.3 is 10.6 Å².